The second kappa shape index (κ2) is 11.8. The molecule has 0 unspecified atom stereocenters. The van der Waals surface area contributed by atoms with Crippen molar-refractivity contribution in [1.29, 1.82) is 0 Å². The number of furan rings is 1. The highest BCUT2D eigenvalue weighted by Gasteiger charge is 2.22. The van der Waals surface area contributed by atoms with Gasteiger partial charge in [0.2, 0.25) is 5.76 Å². The van der Waals surface area contributed by atoms with Crippen molar-refractivity contribution < 1.29 is 23.8 Å². The summed E-state index contributed by atoms with van der Waals surface area (Å²) < 4.78 is 13.2. The number of aromatic amines is 1. The normalized spacial score (nSPS) is 11.3. The predicted octanol–water partition coefficient (Wildman–Crippen LogP) is 6.69. The van der Waals surface area contributed by atoms with Crippen molar-refractivity contribution in [3.63, 3.8) is 0 Å². The standard InChI is InChI=1S/C32H33ClN4O5/c1-17-14-22(15-18(2)28(17)33)41-13-7-10-24-23-8-6-9-25(27-19(3)36-37(5)20(27)4)29(23)35-30(24)31(38)34-16-21-11-12-26(42-21)32(39)40/h6,8-9,11-12,14-15,35H,7,10,13,16H2,1-5H3,(H,34,38)(H,39,40). The van der Waals surface area contributed by atoms with Crippen molar-refractivity contribution in [3.05, 3.63) is 92.8 Å². The van der Waals surface area contributed by atoms with Crippen LogP contribution in [0.2, 0.25) is 5.02 Å². The van der Waals surface area contributed by atoms with Crippen LogP contribution in [-0.2, 0) is 20.0 Å². The van der Waals surface area contributed by atoms with E-state index in [9.17, 15) is 9.59 Å². The molecule has 5 rings (SSSR count). The van der Waals surface area contributed by atoms with Gasteiger partial charge in [-0.15, -0.1) is 0 Å². The molecule has 5 aromatic rings. The summed E-state index contributed by atoms with van der Waals surface area (Å²) in [5.41, 5.74) is 8.02. The van der Waals surface area contributed by atoms with E-state index < -0.39 is 5.97 Å². The molecule has 218 valence electrons. The van der Waals surface area contributed by atoms with Gasteiger partial charge < -0.3 is 24.6 Å². The van der Waals surface area contributed by atoms with Crippen molar-refractivity contribution >= 4 is 34.4 Å². The van der Waals surface area contributed by atoms with Crippen LogP contribution in [0.3, 0.4) is 0 Å². The molecule has 0 aliphatic carbocycles. The molecule has 3 heterocycles. The highest BCUT2D eigenvalue weighted by molar-refractivity contribution is 6.32. The highest BCUT2D eigenvalue weighted by Crippen LogP contribution is 2.35. The van der Waals surface area contributed by atoms with E-state index in [4.69, 9.17) is 25.9 Å². The number of carbonyl (C=O) groups is 2. The first kappa shape index (κ1) is 29.0. The number of nitrogens with zero attached hydrogens (tertiary/aromatic N) is 2. The molecule has 0 saturated carbocycles. The lowest BCUT2D eigenvalue weighted by molar-refractivity contribution is 0.0660. The number of hydrogen-bond donors (Lipinski definition) is 3. The van der Waals surface area contributed by atoms with Gasteiger partial charge in [-0.2, -0.15) is 5.10 Å². The highest BCUT2D eigenvalue weighted by atomic mass is 35.5. The number of H-pyrrole nitrogens is 1. The summed E-state index contributed by atoms with van der Waals surface area (Å²) in [7, 11) is 1.92. The van der Waals surface area contributed by atoms with E-state index in [1.807, 2.05) is 69.8 Å². The Morgan fingerprint density at radius 1 is 1.12 bits per heavy atom. The van der Waals surface area contributed by atoms with Gasteiger partial charge in [0.1, 0.15) is 17.2 Å². The Morgan fingerprint density at radius 3 is 2.50 bits per heavy atom. The van der Waals surface area contributed by atoms with Gasteiger partial charge in [-0.1, -0.05) is 29.8 Å². The number of rotatable bonds is 10. The number of hydrogen-bond acceptors (Lipinski definition) is 5. The number of ether oxygens (including phenoxy) is 1. The van der Waals surface area contributed by atoms with E-state index in [1.165, 1.54) is 6.07 Å². The minimum absolute atomic E-state index is 0.0486. The second-order valence-electron chi connectivity index (χ2n) is 10.5. The number of carbonyl (C=O) groups excluding carboxylic acids is 1. The molecule has 0 atom stereocenters. The van der Waals surface area contributed by atoms with E-state index >= 15 is 0 Å². The first-order valence-electron chi connectivity index (χ1n) is 13.7. The van der Waals surface area contributed by atoms with Crippen LogP contribution < -0.4 is 10.1 Å². The lowest BCUT2D eigenvalue weighted by Crippen LogP contribution is -2.24. The zero-order valence-corrected chi connectivity index (χ0v) is 25.0. The van der Waals surface area contributed by atoms with Crippen LogP contribution in [0.5, 0.6) is 5.75 Å². The van der Waals surface area contributed by atoms with Gasteiger partial charge in [0.05, 0.1) is 24.4 Å². The molecule has 0 aliphatic heterocycles. The minimum Gasteiger partial charge on any atom is -0.494 e. The summed E-state index contributed by atoms with van der Waals surface area (Å²) in [6, 6.07) is 12.8. The average Bonchev–Trinajstić information content (AvgIpc) is 3.64. The van der Waals surface area contributed by atoms with Crippen LogP contribution in [0.4, 0.5) is 0 Å². The van der Waals surface area contributed by atoms with Gasteiger partial charge in [-0.25, -0.2) is 4.79 Å². The number of aromatic nitrogens is 3. The van der Waals surface area contributed by atoms with Gasteiger partial charge in [0, 0.05) is 34.3 Å². The van der Waals surface area contributed by atoms with Crippen LogP contribution in [-0.4, -0.2) is 38.4 Å². The Labute approximate surface area is 248 Å². The van der Waals surface area contributed by atoms with Crippen LogP contribution in [0, 0.1) is 27.7 Å². The van der Waals surface area contributed by atoms with E-state index in [2.05, 4.69) is 15.4 Å². The second-order valence-corrected chi connectivity index (χ2v) is 10.8. The van der Waals surface area contributed by atoms with Gasteiger partial charge >= 0.3 is 5.97 Å². The number of carboxylic acid groups (broad SMARTS) is 1. The number of nitrogens with one attached hydrogen (secondary N) is 2. The molecule has 42 heavy (non-hydrogen) atoms. The van der Waals surface area contributed by atoms with Crippen LogP contribution in [0.15, 0.2) is 46.9 Å². The SMILES string of the molecule is Cc1cc(OCCCc2c(C(=O)NCc3ccc(C(=O)O)o3)[nH]c3c(-c4c(C)nn(C)c4C)cccc23)cc(C)c1Cl. The Balaban J connectivity index is 1.44. The minimum atomic E-state index is -1.16. The third kappa shape index (κ3) is 5.65. The van der Waals surface area contributed by atoms with E-state index in [0.29, 0.717) is 30.9 Å². The first-order valence-corrected chi connectivity index (χ1v) is 14.1. The Bertz CT molecular complexity index is 1790. The molecular weight excluding hydrogens is 556 g/mol. The smallest absolute Gasteiger partial charge is 0.371 e. The molecule has 10 heteroatoms. The number of aryl methyl sites for hydroxylation is 5. The molecule has 2 aromatic carbocycles. The molecule has 3 N–H and O–H groups in total. The third-order valence-corrected chi connectivity index (χ3v) is 8.09. The number of carboxylic acids is 1. The van der Waals surface area contributed by atoms with Crippen LogP contribution >= 0.6 is 11.6 Å². The summed E-state index contributed by atoms with van der Waals surface area (Å²) in [5, 5.41) is 18.3. The molecule has 0 aliphatic rings. The molecule has 0 bridgehead atoms. The fraction of sp³-hybridized carbons (Fsp3) is 0.281. The number of fused-ring (bicyclic) bond motifs is 1. The number of halogens is 1. The molecule has 1 amide bonds. The maximum absolute atomic E-state index is 13.5. The molecule has 0 fully saturated rings. The lowest BCUT2D eigenvalue weighted by Gasteiger charge is -2.10. The Morgan fingerprint density at radius 2 is 1.86 bits per heavy atom. The zero-order chi connectivity index (χ0) is 30.1. The van der Waals surface area contributed by atoms with Crippen LogP contribution in [0.25, 0.3) is 22.0 Å². The maximum Gasteiger partial charge on any atom is 0.371 e. The predicted molar refractivity (Wildman–Crippen MR) is 162 cm³/mol. The van der Waals surface area contributed by atoms with Crippen molar-refractivity contribution in [1.82, 2.24) is 20.1 Å². The zero-order valence-electron chi connectivity index (χ0n) is 24.2. The summed E-state index contributed by atoms with van der Waals surface area (Å²) in [5.74, 6) is -0.545. The van der Waals surface area contributed by atoms with E-state index in [0.717, 1.165) is 60.9 Å². The molecule has 3 aromatic heterocycles. The number of aromatic carboxylic acids is 1. The van der Waals surface area contributed by atoms with E-state index in [1.54, 1.807) is 6.07 Å². The monoisotopic (exact) mass is 588 g/mol. The molecule has 0 saturated heterocycles. The Hall–Kier alpha value is -4.50. The van der Waals surface area contributed by atoms with Crippen LogP contribution in [0.1, 0.15) is 61.3 Å². The first-order chi connectivity index (χ1) is 20.0. The molecular formula is C32H33ClN4O5. The average molecular weight is 589 g/mol. The molecule has 9 nitrogen and oxygen atoms in total. The van der Waals surface area contributed by atoms with Crippen molar-refractivity contribution in [2.24, 2.45) is 7.05 Å². The summed E-state index contributed by atoms with van der Waals surface area (Å²) in [4.78, 5) is 28.1. The summed E-state index contributed by atoms with van der Waals surface area (Å²) in [6.07, 6.45) is 1.26. The third-order valence-electron chi connectivity index (χ3n) is 7.49. The Kier molecular flexibility index (Phi) is 8.13. The van der Waals surface area contributed by atoms with Gasteiger partial charge in [-0.05, 0) is 81.5 Å². The summed E-state index contributed by atoms with van der Waals surface area (Å²) in [6.45, 7) is 8.41. The lowest BCUT2D eigenvalue weighted by atomic mass is 9.98. The van der Waals surface area contributed by atoms with Gasteiger partial charge in [-0.3, -0.25) is 9.48 Å². The van der Waals surface area contributed by atoms with Crippen molar-refractivity contribution in [2.45, 2.75) is 47.1 Å². The maximum atomic E-state index is 13.5. The topological polar surface area (TPSA) is 122 Å². The van der Waals surface area contributed by atoms with Gasteiger partial charge in [0.15, 0.2) is 0 Å². The molecule has 0 radical (unpaired) electrons. The fourth-order valence-corrected chi connectivity index (χ4v) is 5.48. The van der Waals surface area contributed by atoms with E-state index in [-0.39, 0.29) is 18.2 Å². The van der Waals surface area contributed by atoms with Crippen molar-refractivity contribution in [3.8, 4) is 16.9 Å². The summed E-state index contributed by atoms with van der Waals surface area (Å²) >= 11 is 6.30. The number of amides is 1. The number of para-hydroxylation sites is 1. The fourth-order valence-electron chi connectivity index (χ4n) is 5.37. The number of benzene rings is 2. The quantitative estimate of drug-likeness (QED) is 0.156. The van der Waals surface area contributed by atoms with Crippen molar-refractivity contribution in [2.75, 3.05) is 6.61 Å². The molecule has 0 spiro atoms. The largest absolute Gasteiger partial charge is 0.494 e. The van der Waals surface area contributed by atoms with Gasteiger partial charge in [0.25, 0.3) is 5.91 Å².